The molecule has 0 aliphatic rings. The van der Waals surface area contributed by atoms with Crippen LogP contribution in [-0.4, -0.2) is 39.6 Å². The zero-order valence-corrected chi connectivity index (χ0v) is 24.5. The minimum absolute atomic E-state index is 0.0612. The highest BCUT2D eigenvalue weighted by Crippen LogP contribution is 2.41. The van der Waals surface area contributed by atoms with E-state index in [2.05, 4.69) is 69.9 Å². The van der Waals surface area contributed by atoms with E-state index in [1.54, 1.807) is 0 Å². The number of hydrogen-bond donors (Lipinski definition) is 3. The third-order valence-corrected chi connectivity index (χ3v) is 7.64. The summed E-state index contributed by atoms with van der Waals surface area (Å²) in [4.78, 5) is 10.7. The first-order chi connectivity index (χ1) is 18.5. The smallest absolute Gasteiger partial charge is 0.303 e. The molecule has 2 rings (SSSR count). The van der Waals surface area contributed by atoms with Crippen molar-refractivity contribution in [3.05, 3.63) is 70.3 Å². The predicted molar refractivity (Wildman–Crippen MR) is 159 cm³/mol. The first kappa shape index (κ1) is 32.1. The number of carbonyl (C=O) groups is 1. The van der Waals surface area contributed by atoms with Gasteiger partial charge in [-0.1, -0.05) is 75.9 Å². The minimum atomic E-state index is -1.12. The molecule has 0 amide bonds. The Morgan fingerprint density at radius 1 is 1.00 bits per heavy atom. The normalized spacial score (nSPS) is 13.9. The third kappa shape index (κ3) is 8.71. The van der Waals surface area contributed by atoms with E-state index >= 15 is 0 Å². The third-order valence-electron chi connectivity index (χ3n) is 7.64. The maximum absolute atomic E-state index is 10.9. The summed E-state index contributed by atoms with van der Waals surface area (Å²) in [7, 11) is 0. The lowest BCUT2D eigenvalue weighted by molar-refractivity contribution is -0.137. The molecule has 0 bridgehead atoms. The van der Waals surface area contributed by atoms with Crippen LogP contribution in [0.4, 0.5) is 0 Å². The average Bonchev–Trinajstić information content (AvgIpc) is 2.92. The van der Waals surface area contributed by atoms with E-state index < -0.39 is 17.7 Å². The van der Waals surface area contributed by atoms with Gasteiger partial charge in [0.1, 0.15) is 18.0 Å². The van der Waals surface area contributed by atoms with Crippen molar-refractivity contribution in [2.45, 2.75) is 104 Å². The number of benzene rings is 2. The van der Waals surface area contributed by atoms with Gasteiger partial charge in [0.2, 0.25) is 0 Å². The molecule has 0 radical (unpaired) electrons. The highest BCUT2D eigenvalue weighted by molar-refractivity contribution is 5.66. The van der Waals surface area contributed by atoms with Gasteiger partial charge in [0, 0.05) is 18.3 Å². The van der Waals surface area contributed by atoms with Gasteiger partial charge in [0.15, 0.2) is 0 Å². The summed E-state index contributed by atoms with van der Waals surface area (Å²) in [6.07, 6.45) is 7.18. The molecule has 0 fully saturated rings. The van der Waals surface area contributed by atoms with Crippen molar-refractivity contribution in [3.8, 4) is 17.6 Å². The van der Waals surface area contributed by atoms with Crippen molar-refractivity contribution in [2.24, 2.45) is 0 Å². The first-order valence-corrected chi connectivity index (χ1v) is 14.2. The molecule has 3 N–H and O–H groups in total. The fourth-order valence-electron chi connectivity index (χ4n) is 4.88. The van der Waals surface area contributed by atoms with Crippen LogP contribution in [0.15, 0.2) is 42.5 Å². The molecule has 1 unspecified atom stereocenters. The Labute approximate surface area is 234 Å². The van der Waals surface area contributed by atoms with Gasteiger partial charge in [-0.25, -0.2) is 0 Å². The Hall–Kier alpha value is -3.07. The Balaban J connectivity index is 2.31. The standard InChI is InChI=1S/C34H46O5/c1-7-11-12-20-33(38,8-2)21-19-27-13-14-28(22-25(27)5)34(9-3,10-4)29-15-17-31(26(6)23-29)39-24-30(35)16-18-32(36)37/h13-15,17,19,21-23,30,35,38H,7-11,16,18,24H2,1-6H3,(H,36,37)/t30-,33?/m0/s1. The van der Waals surface area contributed by atoms with Crippen molar-refractivity contribution >= 4 is 12.0 Å². The number of aryl methyl sites for hydroxylation is 2. The molecule has 212 valence electrons. The van der Waals surface area contributed by atoms with E-state index in [-0.39, 0.29) is 24.9 Å². The van der Waals surface area contributed by atoms with Gasteiger partial charge in [-0.3, -0.25) is 4.79 Å². The number of ether oxygens (including phenoxy) is 1. The number of unbranched alkanes of at least 4 members (excludes halogenated alkanes) is 1. The summed E-state index contributed by atoms with van der Waals surface area (Å²) in [5.74, 6) is 5.86. The van der Waals surface area contributed by atoms with Crippen LogP contribution < -0.4 is 4.74 Å². The van der Waals surface area contributed by atoms with Crippen LogP contribution in [0.5, 0.6) is 5.75 Å². The number of rotatable bonds is 14. The van der Waals surface area contributed by atoms with Crippen molar-refractivity contribution < 1.29 is 24.9 Å². The van der Waals surface area contributed by atoms with Crippen LogP contribution in [-0.2, 0) is 10.2 Å². The van der Waals surface area contributed by atoms with Crippen LogP contribution in [0, 0.1) is 25.7 Å². The second-order valence-corrected chi connectivity index (χ2v) is 10.4. The summed E-state index contributed by atoms with van der Waals surface area (Å²) in [6, 6.07) is 12.8. The fourth-order valence-corrected chi connectivity index (χ4v) is 4.88. The number of aliphatic carboxylic acids is 1. The molecule has 2 aromatic carbocycles. The number of aliphatic hydroxyl groups excluding tert-OH is 1. The van der Waals surface area contributed by atoms with Gasteiger partial charge in [-0.05, 0) is 85.9 Å². The Bertz CT molecular complexity index is 1180. The van der Waals surface area contributed by atoms with Crippen LogP contribution in [0.2, 0.25) is 0 Å². The summed E-state index contributed by atoms with van der Waals surface area (Å²) < 4.78 is 5.82. The molecule has 2 aromatic rings. The molecule has 0 spiro atoms. The maximum atomic E-state index is 10.9. The zero-order valence-electron chi connectivity index (χ0n) is 24.5. The molecule has 0 heterocycles. The SMILES string of the molecule is CCCC#CC(O)(C=Cc1ccc(C(CC)(CC)c2ccc(OC[C@@H](O)CCC(=O)O)c(C)c2)cc1C)CC. The van der Waals surface area contributed by atoms with Gasteiger partial charge in [0.25, 0.3) is 0 Å². The highest BCUT2D eigenvalue weighted by atomic mass is 16.5. The highest BCUT2D eigenvalue weighted by Gasteiger charge is 2.31. The van der Waals surface area contributed by atoms with Crippen molar-refractivity contribution in [1.82, 2.24) is 0 Å². The molecule has 0 aliphatic carbocycles. The molecule has 0 aliphatic heterocycles. The Morgan fingerprint density at radius 3 is 2.18 bits per heavy atom. The topological polar surface area (TPSA) is 87.0 Å². The molecule has 0 saturated heterocycles. The van der Waals surface area contributed by atoms with Crippen molar-refractivity contribution in [1.29, 1.82) is 0 Å². The van der Waals surface area contributed by atoms with Crippen LogP contribution in [0.3, 0.4) is 0 Å². The van der Waals surface area contributed by atoms with Gasteiger partial charge in [-0.2, -0.15) is 0 Å². The van der Waals surface area contributed by atoms with E-state index in [0.717, 1.165) is 42.4 Å². The van der Waals surface area contributed by atoms with E-state index in [4.69, 9.17) is 9.84 Å². The molecule has 5 heteroatoms. The zero-order chi connectivity index (χ0) is 29.1. The Kier molecular flexibility index (Phi) is 12.3. The number of aliphatic hydroxyl groups is 2. The average molecular weight is 535 g/mol. The lowest BCUT2D eigenvalue weighted by Gasteiger charge is -2.34. The lowest BCUT2D eigenvalue weighted by Crippen LogP contribution is -2.26. The molecular weight excluding hydrogens is 488 g/mol. The summed E-state index contributed by atoms with van der Waals surface area (Å²) in [5.41, 5.74) is 4.33. The monoisotopic (exact) mass is 534 g/mol. The molecule has 39 heavy (non-hydrogen) atoms. The summed E-state index contributed by atoms with van der Waals surface area (Å²) in [5, 5.41) is 29.7. The summed E-state index contributed by atoms with van der Waals surface area (Å²) >= 11 is 0. The summed E-state index contributed by atoms with van der Waals surface area (Å²) in [6.45, 7) is 12.6. The van der Waals surface area contributed by atoms with Gasteiger partial charge >= 0.3 is 5.97 Å². The number of carboxylic acids is 1. The molecular formula is C34H46O5. The van der Waals surface area contributed by atoms with E-state index in [1.165, 1.54) is 11.1 Å². The second kappa shape index (κ2) is 14.9. The molecule has 0 aromatic heterocycles. The molecule has 5 nitrogen and oxygen atoms in total. The van der Waals surface area contributed by atoms with Crippen LogP contribution >= 0.6 is 0 Å². The first-order valence-electron chi connectivity index (χ1n) is 14.2. The van der Waals surface area contributed by atoms with E-state index in [0.29, 0.717) is 12.2 Å². The van der Waals surface area contributed by atoms with E-state index in [9.17, 15) is 15.0 Å². The van der Waals surface area contributed by atoms with E-state index in [1.807, 2.05) is 32.1 Å². The number of hydrogen-bond acceptors (Lipinski definition) is 4. The molecule has 0 saturated carbocycles. The van der Waals surface area contributed by atoms with Gasteiger partial charge in [-0.15, -0.1) is 0 Å². The fraction of sp³-hybridized carbons (Fsp3) is 0.500. The van der Waals surface area contributed by atoms with Gasteiger partial charge < -0.3 is 20.1 Å². The van der Waals surface area contributed by atoms with Crippen LogP contribution in [0.25, 0.3) is 6.08 Å². The largest absolute Gasteiger partial charge is 0.491 e. The van der Waals surface area contributed by atoms with Crippen molar-refractivity contribution in [3.63, 3.8) is 0 Å². The minimum Gasteiger partial charge on any atom is -0.491 e. The molecule has 2 atom stereocenters. The van der Waals surface area contributed by atoms with Crippen LogP contribution in [0.1, 0.15) is 100 Å². The maximum Gasteiger partial charge on any atom is 0.303 e. The lowest BCUT2D eigenvalue weighted by atomic mass is 9.70. The Morgan fingerprint density at radius 2 is 1.64 bits per heavy atom. The quantitative estimate of drug-likeness (QED) is 0.228. The van der Waals surface area contributed by atoms with Gasteiger partial charge in [0.05, 0.1) is 6.10 Å². The number of carboxylic acid groups (broad SMARTS) is 1. The van der Waals surface area contributed by atoms with Crippen molar-refractivity contribution in [2.75, 3.05) is 6.61 Å². The second-order valence-electron chi connectivity index (χ2n) is 10.4. The predicted octanol–water partition coefficient (Wildman–Crippen LogP) is 6.97.